The molecule has 0 bridgehead atoms. The van der Waals surface area contributed by atoms with E-state index >= 15 is 0 Å². The molecular formula is C24H23N3O4. The van der Waals surface area contributed by atoms with Gasteiger partial charge >= 0.3 is 5.97 Å². The largest absolute Gasteiger partial charge is 0.450 e. The number of rotatable bonds is 5. The number of benzene rings is 2. The van der Waals surface area contributed by atoms with Crippen LogP contribution in [0.4, 0.5) is 5.69 Å². The van der Waals surface area contributed by atoms with Crippen LogP contribution in [-0.4, -0.2) is 40.5 Å². The van der Waals surface area contributed by atoms with E-state index in [0.29, 0.717) is 24.2 Å². The number of nitrogens with zero attached hydrogens (tertiary/aromatic N) is 2. The minimum absolute atomic E-state index is 0.0234. The summed E-state index contributed by atoms with van der Waals surface area (Å²) in [5, 5.41) is 6.84. The van der Waals surface area contributed by atoms with E-state index in [2.05, 4.69) is 10.2 Å². The van der Waals surface area contributed by atoms with Gasteiger partial charge in [-0.25, -0.2) is 4.79 Å². The lowest BCUT2D eigenvalue weighted by atomic mass is 10.0. The lowest BCUT2D eigenvalue weighted by Crippen LogP contribution is -2.26. The first-order valence-corrected chi connectivity index (χ1v) is 10.1. The Kier molecular flexibility index (Phi) is 5.42. The summed E-state index contributed by atoms with van der Waals surface area (Å²) in [6, 6.07) is 14.6. The third kappa shape index (κ3) is 4.12. The number of carbonyl (C=O) groups excluding carboxylic acids is 3. The highest BCUT2D eigenvalue weighted by molar-refractivity contribution is 6.02. The number of Topliss-reactive ketones (excluding diaryl/α,β-unsaturated/α-hetero) is 1. The first-order valence-electron chi connectivity index (χ1n) is 10.1. The van der Waals surface area contributed by atoms with Gasteiger partial charge in [-0.1, -0.05) is 29.8 Å². The summed E-state index contributed by atoms with van der Waals surface area (Å²) in [5.74, 6) is -0.962. The monoisotopic (exact) mass is 417 g/mol. The number of ketones is 1. The number of carbonyl (C=O) groups is 3. The van der Waals surface area contributed by atoms with E-state index in [4.69, 9.17) is 4.74 Å². The maximum Gasteiger partial charge on any atom is 0.357 e. The van der Waals surface area contributed by atoms with Gasteiger partial charge in [-0.05, 0) is 50.1 Å². The Morgan fingerprint density at radius 1 is 1.10 bits per heavy atom. The zero-order chi connectivity index (χ0) is 22.1. The van der Waals surface area contributed by atoms with Gasteiger partial charge in [0.2, 0.25) is 11.7 Å². The minimum Gasteiger partial charge on any atom is -0.450 e. The predicted octanol–water partition coefficient (Wildman–Crippen LogP) is 3.72. The van der Waals surface area contributed by atoms with Gasteiger partial charge in [-0.3, -0.25) is 14.7 Å². The molecule has 0 saturated carbocycles. The third-order valence-electron chi connectivity index (χ3n) is 5.44. The van der Waals surface area contributed by atoms with E-state index in [1.54, 1.807) is 36.1 Å². The molecule has 0 aliphatic carbocycles. The quantitative estimate of drug-likeness (QED) is 0.505. The second-order valence-corrected chi connectivity index (χ2v) is 7.71. The van der Waals surface area contributed by atoms with E-state index in [-0.39, 0.29) is 17.4 Å². The molecular weight excluding hydrogens is 394 g/mol. The minimum atomic E-state index is -0.956. The van der Waals surface area contributed by atoms with E-state index in [1.165, 1.54) is 6.92 Å². The molecule has 1 N–H and O–H groups in total. The average molecular weight is 417 g/mol. The Balaban J connectivity index is 1.44. The topological polar surface area (TPSA) is 92.4 Å². The van der Waals surface area contributed by atoms with Crippen molar-refractivity contribution in [2.75, 3.05) is 11.4 Å². The zero-order valence-electron chi connectivity index (χ0n) is 17.6. The highest BCUT2D eigenvalue weighted by atomic mass is 16.5. The summed E-state index contributed by atoms with van der Waals surface area (Å²) in [6.45, 7) is 5.67. The van der Waals surface area contributed by atoms with Crippen molar-refractivity contribution in [2.45, 2.75) is 33.3 Å². The van der Waals surface area contributed by atoms with Crippen molar-refractivity contribution in [3.63, 3.8) is 0 Å². The smallest absolute Gasteiger partial charge is 0.357 e. The Hall–Kier alpha value is -3.74. The molecule has 3 aromatic rings. The first-order chi connectivity index (χ1) is 14.8. The number of hydrogen-bond donors (Lipinski definition) is 1. The van der Waals surface area contributed by atoms with Gasteiger partial charge in [0.15, 0.2) is 6.10 Å². The molecule has 7 heteroatoms. The molecule has 31 heavy (non-hydrogen) atoms. The van der Waals surface area contributed by atoms with Crippen LogP contribution in [0.15, 0.2) is 48.5 Å². The number of aromatic nitrogens is 2. The van der Waals surface area contributed by atoms with Gasteiger partial charge < -0.3 is 9.64 Å². The van der Waals surface area contributed by atoms with Crippen molar-refractivity contribution >= 4 is 23.3 Å². The van der Waals surface area contributed by atoms with Gasteiger partial charge in [0, 0.05) is 30.3 Å². The van der Waals surface area contributed by atoms with E-state index in [9.17, 15) is 14.4 Å². The standard InChI is InChI=1S/C24H23N3O4/c1-14-4-6-17(7-5-14)20-13-21(26-25-20)24(30)31-15(2)23(29)19-8-9-22-18(12-19)10-11-27(22)16(3)28/h4-9,12-13,15H,10-11H2,1-3H3,(H,25,26). The second kappa shape index (κ2) is 8.18. The predicted molar refractivity (Wildman–Crippen MR) is 116 cm³/mol. The molecule has 7 nitrogen and oxygen atoms in total. The van der Waals surface area contributed by atoms with Crippen LogP contribution in [0.3, 0.4) is 0 Å². The van der Waals surface area contributed by atoms with Crippen LogP contribution in [0.25, 0.3) is 11.3 Å². The van der Waals surface area contributed by atoms with E-state index < -0.39 is 12.1 Å². The van der Waals surface area contributed by atoms with E-state index in [0.717, 1.165) is 22.4 Å². The zero-order valence-corrected chi connectivity index (χ0v) is 17.6. The molecule has 1 amide bonds. The Labute approximate surface area is 180 Å². The van der Waals surface area contributed by atoms with Gasteiger partial charge in [-0.15, -0.1) is 0 Å². The maximum absolute atomic E-state index is 12.8. The molecule has 1 unspecified atom stereocenters. The molecule has 158 valence electrons. The lowest BCUT2D eigenvalue weighted by molar-refractivity contribution is -0.116. The van der Waals surface area contributed by atoms with Crippen molar-refractivity contribution < 1.29 is 19.1 Å². The van der Waals surface area contributed by atoms with Crippen molar-refractivity contribution in [3.05, 3.63) is 70.9 Å². The SMILES string of the molecule is CC(=O)N1CCc2cc(C(=O)C(C)OC(=O)c3cc(-c4ccc(C)cc4)n[nH]3)ccc21. The molecule has 1 aromatic heterocycles. The van der Waals surface area contributed by atoms with Gasteiger partial charge in [0.1, 0.15) is 5.69 Å². The van der Waals surface area contributed by atoms with Crippen LogP contribution in [0, 0.1) is 6.92 Å². The van der Waals surface area contributed by atoms with Crippen molar-refractivity contribution in [1.82, 2.24) is 10.2 Å². The van der Waals surface area contributed by atoms with E-state index in [1.807, 2.05) is 31.2 Å². The molecule has 1 aliphatic heterocycles. The van der Waals surface area contributed by atoms with Crippen LogP contribution in [-0.2, 0) is 16.0 Å². The Bertz CT molecular complexity index is 1160. The number of hydrogen-bond acceptors (Lipinski definition) is 5. The van der Waals surface area contributed by atoms with Crippen LogP contribution in [0.5, 0.6) is 0 Å². The average Bonchev–Trinajstić information content (AvgIpc) is 3.40. The molecule has 0 fully saturated rings. The van der Waals surface area contributed by atoms with Crippen molar-refractivity contribution in [1.29, 1.82) is 0 Å². The lowest BCUT2D eigenvalue weighted by Gasteiger charge is -2.15. The summed E-state index contributed by atoms with van der Waals surface area (Å²) < 4.78 is 5.38. The summed E-state index contributed by atoms with van der Waals surface area (Å²) >= 11 is 0. The molecule has 2 heterocycles. The summed E-state index contributed by atoms with van der Waals surface area (Å²) in [7, 11) is 0. The summed E-state index contributed by atoms with van der Waals surface area (Å²) in [6.07, 6.45) is -0.262. The number of aromatic amines is 1. The Morgan fingerprint density at radius 2 is 1.84 bits per heavy atom. The number of nitrogens with one attached hydrogen (secondary N) is 1. The number of esters is 1. The van der Waals surface area contributed by atoms with Gasteiger partial charge in [0.05, 0.1) is 5.69 Å². The maximum atomic E-state index is 12.8. The number of anilines is 1. The number of H-pyrrole nitrogens is 1. The number of amides is 1. The summed E-state index contributed by atoms with van der Waals surface area (Å²) in [4.78, 5) is 38.7. The molecule has 0 spiro atoms. The first kappa shape index (κ1) is 20.5. The molecule has 2 aromatic carbocycles. The molecule has 0 saturated heterocycles. The summed E-state index contributed by atoms with van der Waals surface area (Å²) in [5.41, 5.74) is 5.04. The normalized spacial score (nSPS) is 13.6. The fourth-order valence-electron chi connectivity index (χ4n) is 3.69. The van der Waals surface area contributed by atoms with Crippen molar-refractivity contribution in [2.24, 2.45) is 0 Å². The molecule has 1 aliphatic rings. The third-order valence-corrected chi connectivity index (χ3v) is 5.44. The molecule has 1 atom stereocenters. The van der Waals surface area contributed by atoms with Crippen LogP contribution in [0.1, 0.15) is 45.8 Å². The number of fused-ring (bicyclic) bond motifs is 1. The molecule has 0 radical (unpaired) electrons. The number of aryl methyl sites for hydroxylation is 1. The fourth-order valence-corrected chi connectivity index (χ4v) is 3.69. The highest BCUT2D eigenvalue weighted by Gasteiger charge is 2.26. The van der Waals surface area contributed by atoms with Crippen LogP contribution < -0.4 is 4.90 Å². The molecule has 4 rings (SSSR count). The van der Waals surface area contributed by atoms with Crippen LogP contribution >= 0.6 is 0 Å². The highest BCUT2D eigenvalue weighted by Crippen LogP contribution is 2.29. The Morgan fingerprint density at radius 3 is 2.55 bits per heavy atom. The van der Waals surface area contributed by atoms with Gasteiger partial charge in [-0.2, -0.15) is 5.10 Å². The fraction of sp³-hybridized carbons (Fsp3) is 0.250. The second-order valence-electron chi connectivity index (χ2n) is 7.71. The number of ether oxygens (including phenoxy) is 1. The van der Waals surface area contributed by atoms with Crippen LogP contribution in [0.2, 0.25) is 0 Å². The van der Waals surface area contributed by atoms with Crippen molar-refractivity contribution in [3.8, 4) is 11.3 Å². The van der Waals surface area contributed by atoms with Gasteiger partial charge in [0.25, 0.3) is 0 Å².